The minimum atomic E-state index is -3.91. The van der Waals surface area contributed by atoms with Gasteiger partial charge in [0.1, 0.15) is 0 Å². The maximum absolute atomic E-state index is 12.5. The first-order valence-electron chi connectivity index (χ1n) is 6.35. The van der Waals surface area contributed by atoms with Crippen molar-refractivity contribution in [3.8, 4) is 0 Å². The van der Waals surface area contributed by atoms with Crippen LogP contribution in [0.25, 0.3) is 0 Å². The van der Waals surface area contributed by atoms with Gasteiger partial charge in [0.2, 0.25) is 0 Å². The highest BCUT2D eigenvalue weighted by Gasteiger charge is 2.16. The van der Waals surface area contributed by atoms with Crippen molar-refractivity contribution in [1.29, 1.82) is 0 Å². The Balaban J connectivity index is 2.36. The molecule has 0 aliphatic rings. The number of hydrogen-bond acceptors (Lipinski definition) is 3. The molecule has 0 saturated carbocycles. The van der Waals surface area contributed by atoms with Gasteiger partial charge >= 0.3 is 0 Å². The number of rotatable bonds is 4. The van der Waals surface area contributed by atoms with Crippen molar-refractivity contribution < 1.29 is 12.6 Å². The minimum absolute atomic E-state index is 0.0655. The summed E-state index contributed by atoms with van der Waals surface area (Å²) in [6, 6.07) is 15.4. The maximum atomic E-state index is 12.5. The van der Waals surface area contributed by atoms with Crippen molar-refractivity contribution in [2.45, 2.75) is 17.6 Å². The number of nitrogens with zero attached hydrogens (tertiary/aromatic N) is 1. The zero-order valence-electron chi connectivity index (χ0n) is 11.9. The summed E-state index contributed by atoms with van der Waals surface area (Å²) in [7, 11) is -6.77. The molecule has 0 fully saturated rings. The minimum Gasteiger partial charge on any atom is -0.249 e. The number of aryl methyl sites for hydroxylation is 1. The van der Waals surface area contributed by atoms with E-state index in [2.05, 4.69) is 3.77 Å². The molecule has 0 aromatic heterocycles. The predicted octanol–water partition coefficient (Wildman–Crippen LogP) is 2.98. The van der Waals surface area contributed by atoms with Gasteiger partial charge in [0, 0.05) is 6.26 Å². The lowest BCUT2D eigenvalue weighted by atomic mass is 10.2. The van der Waals surface area contributed by atoms with Crippen molar-refractivity contribution in [3.05, 3.63) is 65.7 Å². The van der Waals surface area contributed by atoms with Crippen LogP contribution in [0.15, 0.2) is 63.3 Å². The van der Waals surface area contributed by atoms with E-state index in [0.717, 1.165) is 11.1 Å². The molecule has 2 aromatic carbocycles. The van der Waals surface area contributed by atoms with Crippen LogP contribution in [-0.2, 0) is 25.5 Å². The fraction of sp³-hybridized carbons (Fsp3) is 0.200. The number of hydrogen-bond donors (Lipinski definition) is 0. The van der Waals surface area contributed by atoms with Gasteiger partial charge in [-0.2, -0.15) is 8.42 Å². The molecule has 0 aliphatic heterocycles. The standard InChI is InChI=1S/C15H17NO3S2/c1-13-8-10-15(11-9-13)21(18,19)16-20(2,17)12-14-6-4-3-5-7-14/h3-11H,12H2,1-2H3. The van der Waals surface area contributed by atoms with E-state index in [1.165, 1.54) is 18.4 Å². The third kappa shape index (κ3) is 4.41. The van der Waals surface area contributed by atoms with Crippen molar-refractivity contribution in [1.82, 2.24) is 0 Å². The summed E-state index contributed by atoms with van der Waals surface area (Å²) in [5.41, 5.74) is 1.75. The summed E-state index contributed by atoms with van der Waals surface area (Å²) in [4.78, 5) is 0.0655. The normalized spacial score (nSPS) is 14.4. The molecule has 0 saturated heterocycles. The molecule has 1 atom stereocenters. The van der Waals surface area contributed by atoms with Crippen molar-refractivity contribution >= 4 is 19.8 Å². The highest BCUT2D eigenvalue weighted by Crippen LogP contribution is 2.16. The van der Waals surface area contributed by atoms with Crippen molar-refractivity contribution in [2.75, 3.05) is 6.26 Å². The highest BCUT2D eigenvalue weighted by molar-refractivity contribution is 8.02. The third-order valence-electron chi connectivity index (χ3n) is 2.85. The Hall–Kier alpha value is -1.66. The number of benzene rings is 2. The van der Waals surface area contributed by atoms with Crippen LogP contribution in [0.4, 0.5) is 0 Å². The first kappa shape index (κ1) is 15.7. The van der Waals surface area contributed by atoms with Crippen molar-refractivity contribution in [3.63, 3.8) is 0 Å². The third-order valence-corrected chi connectivity index (χ3v) is 6.64. The smallest absolute Gasteiger partial charge is 0.249 e. The van der Waals surface area contributed by atoms with Gasteiger partial charge in [-0.1, -0.05) is 48.0 Å². The van der Waals surface area contributed by atoms with Crippen LogP contribution in [0.5, 0.6) is 0 Å². The molecule has 0 N–H and O–H groups in total. The van der Waals surface area contributed by atoms with Gasteiger partial charge in [-0.3, -0.25) is 0 Å². The van der Waals surface area contributed by atoms with Crippen LogP contribution in [0.2, 0.25) is 0 Å². The molecule has 2 aromatic rings. The summed E-state index contributed by atoms with van der Waals surface area (Å²) in [5, 5.41) is 0. The van der Waals surface area contributed by atoms with Crippen LogP contribution in [-0.4, -0.2) is 18.9 Å². The molecule has 112 valence electrons. The van der Waals surface area contributed by atoms with E-state index in [0.29, 0.717) is 0 Å². The van der Waals surface area contributed by atoms with Crippen LogP contribution < -0.4 is 0 Å². The van der Waals surface area contributed by atoms with Crippen LogP contribution >= 0.6 is 0 Å². The van der Waals surface area contributed by atoms with Gasteiger partial charge in [-0.25, -0.2) is 4.21 Å². The predicted molar refractivity (Wildman–Crippen MR) is 85.0 cm³/mol. The molecule has 4 nitrogen and oxygen atoms in total. The first-order chi connectivity index (χ1) is 9.78. The zero-order valence-corrected chi connectivity index (χ0v) is 13.5. The van der Waals surface area contributed by atoms with Crippen LogP contribution in [0, 0.1) is 6.92 Å². The van der Waals surface area contributed by atoms with E-state index in [1.54, 1.807) is 24.3 Å². The molecule has 6 heteroatoms. The SMILES string of the molecule is Cc1ccc(S(=O)(=O)N=S(C)(=O)Cc2ccccc2)cc1. The second-order valence-corrected chi connectivity index (χ2v) is 9.18. The fourth-order valence-electron chi connectivity index (χ4n) is 1.87. The van der Waals surface area contributed by atoms with E-state index in [1.807, 2.05) is 25.1 Å². The number of sulfonamides is 1. The van der Waals surface area contributed by atoms with Gasteiger partial charge in [0.15, 0.2) is 0 Å². The first-order valence-corrected chi connectivity index (χ1v) is 9.88. The van der Waals surface area contributed by atoms with Crippen molar-refractivity contribution in [2.24, 2.45) is 3.77 Å². The van der Waals surface area contributed by atoms with E-state index < -0.39 is 19.8 Å². The van der Waals surface area contributed by atoms with E-state index >= 15 is 0 Å². The fourth-order valence-corrected chi connectivity index (χ4v) is 5.38. The van der Waals surface area contributed by atoms with Gasteiger partial charge in [-0.15, -0.1) is 3.77 Å². The molecule has 0 radical (unpaired) electrons. The molecule has 21 heavy (non-hydrogen) atoms. The maximum Gasteiger partial charge on any atom is 0.290 e. The Labute approximate surface area is 126 Å². The molecule has 0 spiro atoms. The molecular formula is C15H17NO3S2. The van der Waals surface area contributed by atoms with Crippen LogP contribution in [0.1, 0.15) is 11.1 Å². The van der Waals surface area contributed by atoms with Crippen LogP contribution in [0.3, 0.4) is 0 Å². The summed E-state index contributed by atoms with van der Waals surface area (Å²) >= 11 is 0. The molecule has 0 aliphatic carbocycles. The lowest BCUT2D eigenvalue weighted by Crippen LogP contribution is -2.06. The Morgan fingerprint density at radius 3 is 2.05 bits per heavy atom. The topological polar surface area (TPSA) is 63.6 Å². The van der Waals surface area contributed by atoms with Gasteiger partial charge < -0.3 is 0 Å². The Morgan fingerprint density at radius 2 is 1.48 bits per heavy atom. The highest BCUT2D eigenvalue weighted by atomic mass is 32.3. The summed E-state index contributed by atoms with van der Waals surface area (Å²) < 4.78 is 40.5. The summed E-state index contributed by atoms with van der Waals surface area (Å²) in [6.45, 7) is 1.87. The lowest BCUT2D eigenvalue weighted by molar-refractivity contribution is 0.598. The largest absolute Gasteiger partial charge is 0.290 e. The monoisotopic (exact) mass is 323 g/mol. The van der Waals surface area contributed by atoms with Gasteiger partial charge in [0.25, 0.3) is 10.0 Å². The average molecular weight is 323 g/mol. The molecule has 2 rings (SSSR count). The summed E-state index contributed by atoms with van der Waals surface area (Å²) in [6.07, 6.45) is 1.37. The van der Waals surface area contributed by atoms with Gasteiger partial charge in [0.05, 0.1) is 20.4 Å². The lowest BCUT2D eigenvalue weighted by Gasteiger charge is -2.05. The second kappa shape index (κ2) is 5.99. The second-order valence-electron chi connectivity index (χ2n) is 4.95. The van der Waals surface area contributed by atoms with Gasteiger partial charge in [-0.05, 0) is 24.6 Å². The summed E-state index contributed by atoms with van der Waals surface area (Å²) in [5.74, 6) is 0.110. The van der Waals surface area contributed by atoms with E-state index in [4.69, 9.17) is 0 Å². The van der Waals surface area contributed by atoms with E-state index in [9.17, 15) is 12.6 Å². The van der Waals surface area contributed by atoms with E-state index in [-0.39, 0.29) is 10.6 Å². The molecular weight excluding hydrogens is 306 g/mol. The quantitative estimate of drug-likeness (QED) is 0.869. The molecule has 0 bridgehead atoms. The molecule has 0 heterocycles. The molecule has 0 amide bonds. The molecule has 1 unspecified atom stereocenters. The zero-order chi connectivity index (χ0) is 15.5. The Bertz CT molecular complexity index is 832. The Kier molecular flexibility index (Phi) is 4.49. The average Bonchev–Trinajstić information content (AvgIpc) is 2.38. The Morgan fingerprint density at radius 1 is 0.905 bits per heavy atom.